The highest BCUT2D eigenvalue weighted by Crippen LogP contribution is 2.76. The SMILES string of the molecule is CC(CCCO)C1CCC2(C)C1CCC1(C)C2CCC2C3(C)CCCC(C)(C)C3C=CC21C. The molecule has 188 valence electrons. The monoisotopic (exact) mass is 454 g/mol. The van der Waals surface area contributed by atoms with Gasteiger partial charge in [-0.2, -0.15) is 0 Å². The van der Waals surface area contributed by atoms with Crippen molar-refractivity contribution in [2.45, 2.75) is 119 Å². The van der Waals surface area contributed by atoms with Crippen molar-refractivity contribution >= 4 is 0 Å². The maximum absolute atomic E-state index is 9.40. The molecular weight excluding hydrogens is 400 g/mol. The Labute approximate surface area is 205 Å². The highest BCUT2D eigenvalue weighted by atomic mass is 16.2. The molecule has 4 saturated carbocycles. The number of rotatable bonds is 4. The minimum absolute atomic E-state index is 0.350. The Morgan fingerprint density at radius 3 is 2.30 bits per heavy atom. The molecule has 0 amide bonds. The molecule has 1 N–H and O–H groups in total. The van der Waals surface area contributed by atoms with Crippen LogP contribution in [-0.2, 0) is 0 Å². The Hall–Kier alpha value is -0.300. The lowest BCUT2D eigenvalue weighted by Crippen LogP contribution is -2.64. The van der Waals surface area contributed by atoms with Crippen LogP contribution in [0.15, 0.2) is 12.2 Å². The quantitative estimate of drug-likeness (QED) is 0.421. The van der Waals surface area contributed by atoms with Crippen LogP contribution in [0.1, 0.15) is 119 Å². The smallest absolute Gasteiger partial charge is 0.0431 e. The molecule has 5 aliphatic rings. The highest BCUT2D eigenvalue weighted by Gasteiger charge is 2.69. The van der Waals surface area contributed by atoms with E-state index in [1.54, 1.807) is 0 Å². The third-order valence-electron chi connectivity index (χ3n) is 13.7. The lowest BCUT2D eigenvalue weighted by molar-refractivity contribution is -0.198. The maximum atomic E-state index is 9.40. The maximum Gasteiger partial charge on any atom is 0.0431 e. The Bertz CT molecular complexity index is 781. The van der Waals surface area contributed by atoms with Gasteiger partial charge < -0.3 is 5.11 Å². The fourth-order valence-corrected chi connectivity index (χ4v) is 11.9. The first-order valence-electron chi connectivity index (χ1n) is 14.7. The van der Waals surface area contributed by atoms with Crippen LogP contribution in [0.25, 0.3) is 0 Å². The summed E-state index contributed by atoms with van der Waals surface area (Å²) in [6.45, 7) is 18.9. The van der Waals surface area contributed by atoms with Gasteiger partial charge in [0.1, 0.15) is 0 Å². The number of allylic oxidation sites excluding steroid dienone is 2. The highest BCUT2D eigenvalue weighted by molar-refractivity contribution is 5.26. The Morgan fingerprint density at radius 2 is 1.58 bits per heavy atom. The number of aliphatic hydroxyl groups excluding tert-OH is 1. The molecule has 4 fully saturated rings. The van der Waals surface area contributed by atoms with E-state index in [9.17, 15) is 5.11 Å². The average molecular weight is 455 g/mol. The van der Waals surface area contributed by atoms with Crippen molar-refractivity contribution in [1.82, 2.24) is 0 Å². The zero-order valence-electron chi connectivity index (χ0n) is 23.1. The predicted octanol–water partition coefficient (Wildman–Crippen LogP) is 8.66. The average Bonchev–Trinajstić information content (AvgIpc) is 3.09. The topological polar surface area (TPSA) is 20.2 Å². The normalized spacial score (nSPS) is 53.5. The molecule has 0 bridgehead atoms. The molecule has 0 radical (unpaired) electrons. The van der Waals surface area contributed by atoms with Crippen molar-refractivity contribution in [2.75, 3.05) is 6.61 Å². The molecule has 0 aromatic rings. The predicted molar refractivity (Wildman–Crippen MR) is 140 cm³/mol. The van der Waals surface area contributed by atoms with E-state index < -0.39 is 0 Å². The fraction of sp³-hybridized carbons (Fsp3) is 0.938. The van der Waals surface area contributed by atoms with Crippen molar-refractivity contribution < 1.29 is 5.11 Å². The van der Waals surface area contributed by atoms with Crippen LogP contribution in [0, 0.1) is 62.6 Å². The molecule has 0 aromatic carbocycles. The molecule has 33 heavy (non-hydrogen) atoms. The molecular formula is C32H54O. The molecule has 5 rings (SSSR count). The summed E-state index contributed by atoms with van der Waals surface area (Å²) in [6, 6.07) is 0. The van der Waals surface area contributed by atoms with Crippen molar-refractivity contribution in [3.63, 3.8) is 0 Å². The van der Waals surface area contributed by atoms with E-state index >= 15 is 0 Å². The van der Waals surface area contributed by atoms with Gasteiger partial charge in [0, 0.05) is 6.61 Å². The Balaban J connectivity index is 1.48. The number of aliphatic hydroxyl groups is 1. The summed E-state index contributed by atoms with van der Waals surface area (Å²) in [5.41, 5.74) is 2.25. The molecule has 0 heterocycles. The summed E-state index contributed by atoms with van der Waals surface area (Å²) in [7, 11) is 0. The van der Waals surface area contributed by atoms with Crippen LogP contribution < -0.4 is 0 Å². The zero-order chi connectivity index (χ0) is 23.9. The molecule has 10 unspecified atom stereocenters. The van der Waals surface area contributed by atoms with Gasteiger partial charge in [0.2, 0.25) is 0 Å². The van der Waals surface area contributed by atoms with Crippen molar-refractivity contribution in [2.24, 2.45) is 62.6 Å². The van der Waals surface area contributed by atoms with E-state index in [0.29, 0.717) is 33.7 Å². The van der Waals surface area contributed by atoms with Gasteiger partial charge in [0.15, 0.2) is 0 Å². The van der Waals surface area contributed by atoms with Crippen molar-refractivity contribution in [1.29, 1.82) is 0 Å². The molecule has 0 spiro atoms. The first-order chi connectivity index (χ1) is 15.4. The van der Waals surface area contributed by atoms with E-state index in [0.717, 1.165) is 41.9 Å². The number of hydrogen-bond donors (Lipinski definition) is 1. The summed E-state index contributed by atoms with van der Waals surface area (Å²) in [6.07, 6.45) is 20.7. The van der Waals surface area contributed by atoms with Gasteiger partial charge in [-0.05, 0) is 127 Å². The summed E-state index contributed by atoms with van der Waals surface area (Å²) >= 11 is 0. The summed E-state index contributed by atoms with van der Waals surface area (Å²) < 4.78 is 0. The number of hydrogen-bond acceptors (Lipinski definition) is 1. The lowest BCUT2D eigenvalue weighted by Gasteiger charge is -2.71. The van der Waals surface area contributed by atoms with Crippen LogP contribution in [-0.4, -0.2) is 11.7 Å². The largest absolute Gasteiger partial charge is 0.396 e. The van der Waals surface area contributed by atoms with Crippen LogP contribution in [0.4, 0.5) is 0 Å². The standard InChI is InChI=1S/C32H54O/c1-22(10-8-21-33)23-13-18-29(4)24(23)14-19-31(6)26(29)11-12-27-30(5)17-9-16-28(2,3)25(30)15-20-32(27,31)7/h15,20,22-27,33H,8-14,16-19,21H2,1-7H3. The van der Waals surface area contributed by atoms with Crippen molar-refractivity contribution in [3.05, 3.63) is 12.2 Å². The van der Waals surface area contributed by atoms with Crippen molar-refractivity contribution in [3.8, 4) is 0 Å². The van der Waals surface area contributed by atoms with Gasteiger partial charge in [-0.3, -0.25) is 0 Å². The molecule has 0 saturated heterocycles. The fourth-order valence-electron chi connectivity index (χ4n) is 11.9. The molecule has 1 nitrogen and oxygen atoms in total. The molecule has 0 aliphatic heterocycles. The van der Waals surface area contributed by atoms with Gasteiger partial charge in [0.05, 0.1) is 0 Å². The summed E-state index contributed by atoms with van der Waals surface area (Å²) in [5, 5.41) is 9.40. The molecule has 5 aliphatic carbocycles. The van der Waals surface area contributed by atoms with Gasteiger partial charge in [-0.1, -0.05) is 67.0 Å². The van der Waals surface area contributed by atoms with Gasteiger partial charge in [-0.15, -0.1) is 0 Å². The lowest BCUT2D eigenvalue weighted by atomic mass is 9.33. The first-order valence-corrected chi connectivity index (χ1v) is 14.7. The van der Waals surface area contributed by atoms with E-state index in [1.165, 1.54) is 64.2 Å². The number of fused-ring (bicyclic) bond motifs is 7. The third-order valence-corrected chi connectivity index (χ3v) is 13.7. The van der Waals surface area contributed by atoms with Gasteiger partial charge in [-0.25, -0.2) is 0 Å². The molecule has 10 atom stereocenters. The zero-order valence-corrected chi connectivity index (χ0v) is 23.1. The van der Waals surface area contributed by atoms with Gasteiger partial charge in [0.25, 0.3) is 0 Å². The Kier molecular flexibility index (Phi) is 5.80. The van der Waals surface area contributed by atoms with E-state index in [4.69, 9.17) is 0 Å². The second-order valence-electron chi connectivity index (χ2n) is 15.3. The van der Waals surface area contributed by atoms with Crippen LogP contribution >= 0.6 is 0 Å². The van der Waals surface area contributed by atoms with Crippen LogP contribution in [0.3, 0.4) is 0 Å². The third kappa shape index (κ3) is 3.18. The molecule has 0 aromatic heterocycles. The van der Waals surface area contributed by atoms with E-state index in [2.05, 4.69) is 60.6 Å². The second kappa shape index (κ2) is 7.85. The Morgan fingerprint density at radius 1 is 0.848 bits per heavy atom. The minimum atomic E-state index is 0.350. The van der Waals surface area contributed by atoms with Crippen LogP contribution in [0.2, 0.25) is 0 Å². The molecule has 1 heteroatoms. The van der Waals surface area contributed by atoms with Crippen LogP contribution in [0.5, 0.6) is 0 Å². The van der Waals surface area contributed by atoms with E-state index in [-0.39, 0.29) is 0 Å². The van der Waals surface area contributed by atoms with Gasteiger partial charge >= 0.3 is 0 Å². The second-order valence-corrected chi connectivity index (χ2v) is 15.3. The summed E-state index contributed by atoms with van der Waals surface area (Å²) in [5.74, 6) is 5.06. The first kappa shape index (κ1) is 24.4. The van der Waals surface area contributed by atoms with E-state index in [1.807, 2.05) is 0 Å². The minimum Gasteiger partial charge on any atom is -0.396 e. The summed E-state index contributed by atoms with van der Waals surface area (Å²) in [4.78, 5) is 0.